The summed E-state index contributed by atoms with van der Waals surface area (Å²) in [5, 5.41) is 0. The SMILES string of the molecule is C[C@H]1CCCCN1S(=O)(=O)c1ccc(S(=O)(=O)N2CCN(c3cccc(C(F)(F)F)c3)CC2)cc1. The smallest absolute Gasteiger partial charge is 0.369 e. The molecule has 0 amide bonds. The molecule has 7 nitrogen and oxygen atoms in total. The van der Waals surface area contributed by atoms with E-state index in [1.54, 1.807) is 11.0 Å². The fraction of sp³-hybridized carbons (Fsp3) is 0.478. The van der Waals surface area contributed by atoms with Crippen LogP contribution in [0.4, 0.5) is 18.9 Å². The standard InChI is InChI=1S/C23H28F3N3O4S2/c1-18-5-2-3-12-29(18)35(32,33)22-10-8-21(9-11-22)34(30,31)28-15-13-27(14-16-28)20-7-4-6-19(17-20)23(24,25)26/h4,6-11,17-18H,2-3,5,12-16H2,1H3/t18-/m0/s1. The highest BCUT2D eigenvalue weighted by Crippen LogP contribution is 2.32. The lowest BCUT2D eigenvalue weighted by atomic mass is 10.1. The molecule has 192 valence electrons. The Bertz CT molecular complexity index is 1260. The van der Waals surface area contributed by atoms with Crippen LogP contribution in [-0.4, -0.2) is 64.2 Å². The third-order valence-corrected chi connectivity index (χ3v) is 10.5. The molecule has 0 N–H and O–H groups in total. The quantitative estimate of drug-likeness (QED) is 0.587. The lowest BCUT2D eigenvalue weighted by Crippen LogP contribution is -2.48. The van der Waals surface area contributed by atoms with Crippen molar-refractivity contribution in [2.75, 3.05) is 37.6 Å². The molecule has 0 aromatic heterocycles. The van der Waals surface area contributed by atoms with Gasteiger partial charge in [-0.15, -0.1) is 0 Å². The molecule has 0 spiro atoms. The van der Waals surface area contributed by atoms with Crippen LogP contribution in [-0.2, 0) is 26.2 Å². The lowest BCUT2D eigenvalue weighted by molar-refractivity contribution is -0.137. The predicted octanol–water partition coefficient (Wildman–Crippen LogP) is 3.78. The van der Waals surface area contributed by atoms with Crippen LogP contribution in [0.3, 0.4) is 0 Å². The fourth-order valence-electron chi connectivity index (χ4n) is 4.56. The molecule has 0 radical (unpaired) electrons. The van der Waals surface area contributed by atoms with Gasteiger partial charge in [-0.1, -0.05) is 12.5 Å². The van der Waals surface area contributed by atoms with Crippen molar-refractivity contribution in [2.24, 2.45) is 0 Å². The van der Waals surface area contributed by atoms with Crippen LogP contribution < -0.4 is 4.90 Å². The second-order valence-electron chi connectivity index (χ2n) is 8.87. The Labute approximate surface area is 204 Å². The number of alkyl halides is 3. The number of anilines is 1. The van der Waals surface area contributed by atoms with Crippen LogP contribution >= 0.6 is 0 Å². The third-order valence-electron chi connectivity index (χ3n) is 6.59. The van der Waals surface area contributed by atoms with E-state index in [1.165, 1.54) is 38.9 Å². The van der Waals surface area contributed by atoms with Gasteiger partial charge in [0.25, 0.3) is 0 Å². The summed E-state index contributed by atoms with van der Waals surface area (Å²) < 4.78 is 94.1. The van der Waals surface area contributed by atoms with Crippen molar-refractivity contribution in [3.8, 4) is 0 Å². The fourth-order valence-corrected chi connectivity index (χ4v) is 7.68. The minimum atomic E-state index is -4.45. The molecule has 0 saturated carbocycles. The maximum absolute atomic E-state index is 13.1. The molecule has 2 saturated heterocycles. The number of halogens is 3. The molecule has 4 rings (SSSR count). The molecular formula is C23H28F3N3O4S2. The van der Waals surface area contributed by atoms with Crippen LogP contribution in [0.5, 0.6) is 0 Å². The van der Waals surface area contributed by atoms with Crippen LogP contribution in [0.25, 0.3) is 0 Å². The molecule has 2 aromatic carbocycles. The van der Waals surface area contributed by atoms with Gasteiger partial charge in [0.05, 0.1) is 15.4 Å². The molecular weight excluding hydrogens is 503 g/mol. The van der Waals surface area contributed by atoms with Crippen molar-refractivity contribution in [3.63, 3.8) is 0 Å². The van der Waals surface area contributed by atoms with E-state index in [-0.39, 0.29) is 42.0 Å². The van der Waals surface area contributed by atoms with E-state index in [2.05, 4.69) is 0 Å². The second kappa shape index (κ2) is 9.72. The van der Waals surface area contributed by atoms with E-state index in [9.17, 15) is 30.0 Å². The van der Waals surface area contributed by atoms with E-state index in [0.29, 0.717) is 12.2 Å². The van der Waals surface area contributed by atoms with Gasteiger partial charge in [-0.3, -0.25) is 0 Å². The first-order valence-corrected chi connectivity index (χ1v) is 14.3. The highest BCUT2D eigenvalue weighted by Gasteiger charge is 2.34. The zero-order valence-corrected chi connectivity index (χ0v) is 20.9. The first-order chi connectivity index (χ1) is 16.4. The minimum Gasteiger partial charge on any atom is -0.369 e. The maximum Gasteiger partial charge on any atom is 0.416 e. The summed E-state index contributed by atoms with van der Waals surface area (Å²) in [4.78, 5) is 1.76. The first kappa shape index (κ1) is 25.9. The van der Waals surface area contributed by atoms with Gasteiger partial charge in [-0.2, -0.15) is 21.8 Å². The van der Waals surface area contributed by atoms with Gasteiger partial charge >= 0.3 is 6.18 Å². The number of hydrogen-bond donors (Lipinski definition) is 0. The summed E-state index contributed by atoms with van der Waals surface area (Å²) in [6.07, 6.45) is -1.89. The molecule has 2 aliphatic heterocycles. The van der Waals surface area contributed by atoms with E-state index in [0.717, 1.165) is 31.4 Å². The van der Waals surface area contributed by atoms with Crippen molar-refractivity contribution < 1.29 is 30.0 Å². The highest BCUT2D eigenvalue weighted by molar-refractivity contribution is 7.89. The topological polar surface area (TPSA) is 78.0 Å². The van der Waals surface area contributed by atoms with Crippen LogP contribution in [0, 0.1) is 0 Å². The number of piperazine rings is 1. The summed E-state index contributed by atoms with van der Waals surface area (Å²) >= 11 is 0. The number of sulfonamides is 2. The Morgan fingerprint density at radius 2 is 1.40 bits per heavy atom. The normalized spacial score (nSPS) is 21.3. The molecule has 2 aliphatic rings. The number of benzene rings is 2. The summed E-state index contributed by atoms with van der Waals surface area (Å²) in [5.74, 6) is 0. The molecule has 2 fully saturated rings. The van der Waals surface area contributed by atoms with E-state index >= 15 is 0 Å². The molecule has 2 aromatic rings. The molecule has 0 unspecified atom stereocenters. The van der Waals surface area contributed by atoms with Crippen LogP contribution in [0.15, 0.2) is 58.3 Å². The summed E-state index contributed by atoms with van der Waals surface area (Å²) in [5.41, 5.74) is -0.364. The predicted molar refractivity (Wildman–Crippen MR) is 126 cm³/mol. The van der Waals surface area contributed by atoms with Crippen molar-refractivity contribution in [3.05, 3.63) is 54.1 Å². The highest BCUT2D eigenvalue weighted by atomic mass is 32.2. The number of hydrogen-bond acceptors (Lipinski definition) is 5. The molecule has 12 heteroatoms. The Morgan fingerprint density at radius 1 is 0.800 bits per heavy atom. The van der Waals surface area contributed by atoms with E-state index in [4.69, 9.17) is 0 Å². The maximum atomic E-state index is 13.1. The lowest BCUT2D eigenvalue weighted by Gasteiger charge is -2.35. The largest absolute Gasteiger partial charge is 0.416 e. The van der Waals surface area contributed by atoms with Crippen LogP contribution in [0.2, 0.25) is 0 Å². The van der Waals surface area contributed by atoms with Crippen molar-refractivity contribution in [2.45, 2.75) is 48.2 Å². The van der Waals surface area contributed by atoms with Gasteiger partial charge in [0.2, 0.25) is 20.0 Å². The van der Waals surface area contributed by atoms with Gasteiger partial charge in [-0.25, -0.2) is 16.8 Å². The van der Waals surface area contributed by atoms with Crippen molar-refractivity contribution >= 4 is 25.7 Å². The molecule has 2 heterocycles. The minimum absolute atomic E-state index is 0.0179. The van der Waals surface area contributed by atoms with Gasteiger partial charge in [0.15, 0.2) is 0 Å². The Morgan fingerprint density at radius 3 is 1.97 bits per heavy atom. The average Bonchev–Trinajstić information content (AvgIpc) is 2.84. The van der Waals surface area contributed by atoms with E-state index in [1.807, 2.05) is 6.92 Å². The average molecular weight is 532 g/mol. The van der Waals surface area contributed by atoms with Crippen LogP contribution in [0.1, 0.15) is 31.7 Å². The molecule has 0 aliphatic carbocycles. The molecule has 35 heavy (non-hydrogen) atoms. The third kappa shape index (κ3) is 5.35. The number of piperidine rings is 1. The second-order valence-corrected chi connectivity index (χ2v) is 12.7. The number of rotatable bonds is 5. The zero-order valence-electron chi connectivity index (χ0n) is 19.3. The first-order valence-electron chi connectivity index (χ1n) is 11.4. The summed E-state index contributed by atoms with van der Waals surface area (Å²) in [6.45, 7) is 2.99. The molecule has 1 atom stereocenters. The number of nitrogens with zero attached hydrogens (tertiary/aromatic N) is 3. The summed E-state index contributed by atoms with van der Waals surface area (Å²) in [6, 6.07) is 10.1. The van der Waals surface area contributed by atoms with Gasteiger partial charge in [0.1, 0.15) is 0 Å². The van der Waals surface area contributed by atoms with Crippen molar-refractivity contribution in [1.82, 2.24) is 8.61 Å². The van der Waals surface area contributed by atoms with Gasteiger partial charge < -0.3 is 4.90 Å². The van der Waals surface area contributed by atoms with Gasteiger partial charge in [-0.05, 0) is 62.2 Å². The van der Waals surface area contributed by atoms with Crippen molar-refractivity contribution in [1.29, 1.82) is 0 Å². The summed E-state index contributed by atoms with van der Waals surface area (Å²) in [7, 11) is -7.59. The zero-order chi connectivity index (χ0) is 25.4. The van der Waals surface area contributed by atoms with E-state index < -0.39 is 31.8 Å². The Kier molecular flexibility index (Phi) is 7.20. The Balaban J connectivity index is 1.45. The molecule has 0 bridgehead atoms. The van der Waals surface area contributed by atoms with Gasteiger partial charge in [0, 0.05) is 44.5 Å². The Hall–Kier alpha value is -2.15. The monoisotopic (exact) mass is 531 g/mol.